The molecule has 3 rings (SSSR count). The van der Waals surface area contributed by atoms with Crippen LogP contribution in [0.1, 0.15) is 54.1 Å². The maximum Gasteiger partial charge on any atom is 0.254 e. The van der Waals surface area contributed by atoms with E-state index in [1.165, 1.54) is 30.0 Å². The van der Waals surface area contributed by atoms with Crippen molar-refractivity contribution >= 4 is 29.3 Å². The molecule has 1 aromatic heterocycles. The van der Waals surface area contributed by atoms with Crippen molar-refractivity contribution < 1.29 is 14.0 Å². The van der Waals surface area contributed by atoms with E-state index in [4.69, 9.17) is 0 Å². The molecule has 0 aliphatic carbocycles. The minimum atomic E-state index is -0.582. The molecule has 2 aromatic carbocycles. The Balaban J connectivity index is 1.66. The molecule has 0 radical (unpaired) electrons. The van der Waals surface area contributed by atoms with Crippen molar-refractivity contribution in [2.24, 2.45) is 0 Å². The first-order valence-electron chi connectivity index (χ1n) is 10.8. The third kappa shape index (κ3) is 5.78. The number of nitrogens with zero attached hydrogens (tertiary/aromatic N) is 3. The van der Waals surface area contributed by atoms with E-state index in [-0.39, 0.29) is 17.2 Å². The number of rotatable bonds is 9. The average molecular weight is 470 g/mol. The normalized spacial score (nSPS) is 11.8. The summed E-state index contributed by atoms with van der Waals surface area (Å²) < 4.78 is 15.8. The number of thioether (sulfide) groups is 1. The van der Waals surface area contributed by atoms with Crippen molar-refractivity contribution in [2.45, 2.75) is 51.9 Å². The summed E-state index contributed by atoms with van der Waals surface area (Å²) in [5, 5.41) is 14.8. The first kappa shape index (κ1) is 24.4. The van der Waals surface area contributed by atoms with Gasteiger partial charge in [0.25, 0.3) is 5.91 Å². The lowest BCUT2D eigenvalue weighted by atomic mass is 10.1. The molecule has 1 unspecified atom stereocenters. The third-order valence-electron chi connectivity index (χ3n) is 5.25. The van der Waals surface area contributed by atoms with Crippen LogP contribution >= 0.6 is 11.8 Å². The van der Waals surface area contributed by atoms with Crippen molar-refractivity contribution in [1.29, 1.82) is 0 Å². The van der Waals surface area contributed by atoms with Crippen LogP contribution in [0.25, 0.3) is 0 Å². The van der Waals surface area contributed by atoms with Crippen molar-refractivity contribution in [2.75, 3.05) is 11.1 Å². The van der Waals surface area contributed by atoms with Crippen LogP contribution in [-0.2, 0) is 17.8 Å². The van der Waals surface area contributed by atoms with Crippen LogP contribution in [0.15, 0.2) is 47.6 Å². The predicted octanol–water partition coefficient (Wildman–Crippen LogP) is 4.53. The van der Waals surface area contributed by atoms with Crippen LogP contribution in [0.2, 0.25) is 0 Å². The van der Waals surface area contributed by atoms with Crippen molar-refractivity contribution in [3.05, 3.63) is 70.8 Å². The molecule has 2 N–H and O–H groups in total. The average Bonchev–Trinajstić information content (AvgIpc) is 3.22. The van der Waals surface area contributed by atoms with Crippen LogP contribution < -0.4 is 10.6 Å². The minimum Gasteiger partial charge on any atom is -0.342 e. The molecule has 0 spiro atoms. The number of halogens is 1. The van der Waals surface area contributed by atoms with E-state index in [0.717, 1.165) is 23.2 Å². The summed E-state index contributed by atoms with van der Waals surface area (Å²) in [5.41, 5.74) is 2.94. The van der Waals surface area contributed by atoms with Gasteiger partial charge in [0, 0.05) is 12.2 Å². The quantitative estimate of drug-likeness (QED) is 0.450. The zero-order chi connectivity index (χ0) is 24.0. The van der Waals surface area contributed by atoms with E-state index in [0.29, 0.717) is 17.5 Å². The molecule has 0 bridgehead atoms. The fraction of sp³-hybridized carbons (Fsp3) is 0.333. The molecule has 9 heteroatoms. The molecule has 174 valence electrons. The number of carbonyl (C=O) groups is 2. The monoisotopic (exact) mass is 469 g/mol. The Labute approximate surface area is 197 Å². The van der Waals surface area contributed by atoms with Crippen LogP contribution in [0, 0.1) is 12.7 Å². The third-order valence-corrected chi connectivity index (χ3v) is 6.22. The first-order chi connectivity index (χ1) is 15.8. The summed E-state index contributed by atoms with van der Waals surface area (Å²) in [7, 11) is 0. The zero-order valence-electron chi connectivity index (χ0n) is 19.2. The lowest BCUT2D eigenvalue weighted by Gasteiger charge is -2.15. The van der Waals surface area contributed by atoms with Crippen molar-refractivity contribution in [1.82, 2.24) is 20.1 Å². The largest absolute Gasteiger partial charge is 0.342 e. The van der Waals surface area contributed by atoms with E-state index in [1.807, 2.05) is 36.6 Å². The van der Waals surface area contributed by atoms with E-state index in [1.54, 1.807) is 13.0 Å². The molecule has 0 fully saturated rings. The summed E-state index contributed by atoms with van der Waals surface area (Å²) in [6.07, 6.45) is 0.828. The predicted molar refractivity (Wildman–Crippen MR) is 128 cm³/mol. The molecule has 7 nitrogen and oxygen atoms in total. The second-order valence-electron chi connectivity index (χ2n) is 7.56. The summed E-state index contributed by atoms with van der Waals surface area (Å²) >= 11 is 1.28. The molecule has 1 heterocycles. The highest BCUT2D eigenvalue weighted by atomic mass is 32.2. The summed E-state index contributed by atoms with van der Waals surface area (Å²) in [6, 6.07) is 11.3. The highest BCUT2D eigenvalue weighted by Gasteiger charge is 2.21. The molecule has 1 atom stereocenters. The molecule has 0 aliphatic rings. The van der Waals surface area contributed by atoms with Gasteiger partial charge in [-0.3, -0.25) is 9.59 Å². The topological polar surface area (TPSA) is 88.9 Å². The number of anilines is 1. The summed E-state index contributed by atoms with van der Waals surface area (Å²) in [6.45, 7) is 8.28. The number of para-hydroxylation sites is 1. The van der Waals surface area contributed by atoms with Gasteiger partial charge >= 0.3 is 0 Å². The van der Waals surface area contributed by atoms with Crippen LogP contribution in [0.4, 0.5) is 10.1 Å². The van der Waals surface area contributed by atoms with Gasteiger partial charge in [-0.25, -0.2) is 4.39 Å². The summed E-state index contributed by atoms with van der Waals surface area (Å²) in [5.74, 6) is -0.522. The summed E-state index contributed by atoms with van der Waals surface area (Å²) in [4.78, 5) is 25.1. The molecule has 3 aromatic rings. The Hall–Kier alpha value is -3.20. The number of amides is 2. The lowest BCUT2D eigenvalue weighted by Crippen LogP contribution is -2.29. The van der Waals surface area contributed by atoms with Gasteiger partial charge in [-0.15, -0.1) is 10.2 Å². The van der Waals surface area contributed by atoms with Crippen molar-refractivity contribution in [3.63, 3.8) is 0 Å². The van der Waals surface area contributed by atoms with Gasteiger partial charge in [-0.2, -0.15) is 0 Å². The fourth-order valence-corrected chi connectivity index (χ4v) is 4.33. The maximum absolute atomic E-state index is 13.9. The molecule has 33 heavy (non-hydrogen) atoms. The van der Waals surface area contributed by atoms with E-state index in [9.17, 15) is 14.0 Å². The molecule has 0 saturated carbocycles. The SMILES string of the molecule is CCc1cccc(C)c1NC(=O)CSc1nnc(C(C)NC(=O)c2ccccc2F)n1CC. The minimum absolute atomic E-state index is 0.0270. The second kappa shape index (κ2) is 11.1. The number of nitrogens with one attached hydrogen (secondary N) is 2. The van der Waals surface area contributed by atoms with E-state index < -0.39 is 17.8 Å². The second-order valence-corrected chi connectivity index (χ2v) is 8.50. The number of hydrogen-bond acceptors (Lipinski definition) is 5. The van der Waals surface area contributed by atoms with Gasteiger partial charge in [0.15, 0.2) is 11.0 Å². The Kier molecular flexibility index (Phi) is 8.21. The Morgan fingerprint density at radius 1 is 1.12 bits per heavy atom. The van der Waals surface area contributed by atoms with Gasteiger partial charge in [-0.05, 0) is 50.5 Å². The number of hydrogen-bond donors (Lipinski definition) is 2. The molecule has 0 aliphatic heterocycles. The lowest BCUT2D eigenvalue weighted by molar-refractivity contribution is -0.113. The molecular weight excluding hydrogens is 441 g/mol. The molecule has 2 amide bonds. The first-order valence-corrected chi connectivity index (χ1v) is 11.8. The van der Waals surface area contributed by atoms with Gasteiger partial charge in [0.1, 0.15) is 5.82 Å². The maximum atomic E-state index is 13.9. The molecular formula is C24H28FN5O2S. The number of aromatic nitrogens is 3. The fourth-order valence-electron chi connectivity index (χ4n) is 3.52. The van der Waals surface area contributed by atoms with E-state index in [2.05, 4.69) is 27.8 Å². The van der Waals surface area contributed by atoms with Gasteiger partial charge in [0.05, 0.1) is 17.4 Å². The highest BCUT2D eigenvalue weighted by Crippen LogP contribution is 2.24. The van der Waals surface area contributed by atoms with Gasteiger partial charge in [-0.1, -0.05) is 49.0 Å². The van der Waals surface area contributed by atoms with Crippen LogP contribution in [0.5, 0.6) is 0 Å². The standard InChI is InChI=1S/C24H28FN5O2S/c1-5-17-11-9-10-15(3)21(17)27-20(31)14-33-24-29-28-22(30(24)6-2)16(4)26-23(32)18-12-7-8-13-19(18)25/h7-13,16H,5-6,14H2,1-4H3,(H,26,32)(H,27,31). The zero-order valence-corrected chi connectivity index (χ0v) is 20.0. The Bertz CT molecular complexity index is 1150. The smallest absolute Gasteiger partial charge is 0.254 e. The van der Waals surface area contributed by atoms with Crippen LogP contribution in [-0.4, -0.2) is 32.3 Å². The number of aryl methyl sites for hydroxylation is 2. The van der Waals surface area contributed by atoms with Crippen molar-refractivity contribution in [3.8, 4) is 0 Å². The molecule has 0 saturated heterocycles. The van der Waals surface area contributed by atoms with Gasteiger partial charge in [0.2, 0.25) is 5.91 Å². The number of carbonyl (C=O) groups excluding carboxylic acids is 2. The Morgan fingerprint density at radius 3 is 2.58 bits per heavy atom. The highest BCUT2D eigenvalue weighted by molar-refractivity contribution is 7.99. The Morgan fingerprint density at radius 2 is 1.88 bits per heavy atom. The van der Waals surface area contributed by atoms with E-state index >= 15 is 0 Å². The number of benzene rings is 2. The van der Waals surface area contributed by atoms with Crippen LogP contribution in [0.3, 0.4) is 0 Å². The van der Waals surface area contributed by atoms with Gasteiger partial charge < -0.3 is 15.2 Å².